The minimum Gasteiger partial charge on any atom is -0.392 e. The highest BCUT2D eigenvalue weighted by Crippen LogP contribution is 2.56. The third-order valence-electron chi connectivity index (χ3n) is 3.98. The number of hydrogen-bond donors (Lipinski definition) is 1. The number of hydrogen-bond acceptors (Lipinski definition) is 2. The van der Waals surface area contributed by atoms with Gasteiger partial charge >= 0.3 is 0 Å². The van der Waals surface area contributed by atoms with Crippen molar-refractivity contribution in [2.75, 3.05) is 13.1 Å². The number of carbonyl (C=O) groups is 1. The van der Waals surface area contributed by atoms with Crippen molar-refractivity contribution in [3.8, 4) is 0 Å². The summed E-state index contributed by atoms with van der Waals surface area (Å²) in [6, 6.07) is 0. The molecule has 3 nitrogen and oxygen atoms in total. The molecular weight excluding hydrogens is 220 g/mol. The number of fused-ring (bicyclic) bond motifs is 1. The van der Waals surface area contributed by atoms with Crippen molar-refractivity contribution in [1.82, 2.24) is 4.90 Å². The quantitative estimate of drug-likeness (QED) is 0.759. The van der Waals surface area contributed by atoms with Gasteiger partial charge in [-0.15, -0.1) is 0 Å². The second-order valence-electron chi connectivity index (χ2n) is 4.96. The molecule has 0 saturated heterocycles. The molecule has 2 rings (SSSR count). The topological polar surface area (TPSA) is 46.3 Å². The number of likely N-dealkylation sites (N-methyl/N-ethyl adjacent to an activating group) is 1. The Hall–Kier alpha value is -0.640. The Bertz CT molecular complexity index is 293. The molecule has 16 heavy (non-hydrogen) atoms. The first-order valence-corrected chi connectivity index (χ1v) is 6.63. The molecule has 2 aliphatic carbocycles. The summed E-state index contributed by atoms with van der Waals surface area (Å²) in [4.78, 5) is 14.5. The lowest BCUT2D eigenvalue weighted by Crippen LogP contribution is -2.38. The molecule has 0 aliphatic heterocycles. The molecule has 0 aromatic heterocycles. The molecule has 0 aromatic rings. The van der Waals surface area contributed by atoms with E-state index in [1.165, 1.54) is 25.7 Å². The lowest BCUT2D eigenvalue weighted by Gasteiger charge is -2.20. The molecule has 2 fully saturated rings. The van der Waals surface area contributed by atoms with Crippen LogP contribution >= 0.6 is 12.2 Å². The van der Waals surface area contributed by atoms with Gasteiger partial charge in [-0.05, 0) is 31.6 Å². The van der Waals surface area contributed by atoms with Gasteiger partial charge in [0.1, 0.15) is 0 Å². The van der Waals surface area contributed by atoms with Crippen LogP contribution in [0, 0.1) is 17.8 Å². The van der Waals surface area contributed by atoms with E-state index >= 15 is 0 Å². The van der Waals surface area contributed by atoms with Gasteiger partial charge in [-0.1, -0.05) is 25.1 Å². The first-order valence-electron chi connectivity index (χ1n) is 6.22. The van der Waals surface area contributed by atoms with Crippen LogP contribution in [0.2, 0.25) is 0 Å². The number of nitrogens with two attached hydrogens (primary N) is 1. The average molecular weight is 240 g/mol. The van der Waals surface area contributed by atoms with E-state index in [0.29, 0.717) is 29.9 Å². The summed E-state index contributed by atoms with van der Waals surface area (Å²) < 4.78 is 0. The lowest BCUT2D eigenvalue weighted by molar-refractivity contribution is -0.132. The highest BCUT2D eigenvalue weighted by molar-refractivity contribution is 7.80. The van der Waals surface area contributed by atoms with E-state index in [-0.39, 0.29) is 11.8 Å². The van der Waals surface area contributed by atoms with Gasteiger partial charge in [0.2, 0.25) is 5.91 Å². The fourth-order valence-corrected chi connectivity index (χ4v) is 3.26. The lowest BCUT2D eigenvalue weighted by atomic mass is 10.0. The summed E-state index contributed by atoms with van der Waals surface area (Å²) in [6.45, 7) is 3.15. The van der Waals surface area contributed by atoms with Crippen LogP contribution in [0.25, 0.3) is 0 Å². The van der Waals surface area contributed by atoms with Crippen molar-refractivity contribution in [3.05, 3.63) is 0 Å². The van der Waals surface area contributed by atoms with Crippen LogP contribution in [0.3, 0.4) is 0 Å². The zero-order chi connectivity index (χ0) is 11.7. The maximum absolute atomic E-state index is 12.2. The summed E-state index contributed by atoms with van der Waals surface area (Å²) in [7, 11) is 0. The Labute approximate surface area is 102 Å². The zero-order valence-electron chi connectivity index (χ0n) is 9.82. The van der Waals surface area contributed by atoms with E-state index in [9.17, 15) is 4.79 Å². The smallest absolute Gasteiger partial charge is 0.226 e. The van der Waals surface area contributed by atoms with E-state index < -0.39 is 0 Å². The van der Waals surface area contributed by atoms with Crippen molar-refractivity contribution in [1.29, 1.82) is 0 Å². The van der Waals surface area contributed by atoms with E-state index in [1.54, 1.807) is 0 Å². The summed E-state index contributed by atoms with van der Waals surface area (Å²) in [5.41, 5.74) is 5.51. The molecule has 2 unspecified atom stereocenters. The van der Waals surface area contributed by atoms with E-state index in [2.05, 4.69) is 0 Å². The van der Waals surface area contributed by atoms with Crippen LogP contribution < -0.4 is 5.73 Å². The van der Waals surface area contributed by atoms with Crippen molar-refractivity contribution in [3.63, 3.8) is 0 Å². The highest BCUT2D eigenvalue weighted by atomic mass is 32.1. The van der Waals surface area contributed by atoms with Crippen molar-refractivity contribution in [2.45, 2.75) is 32.6 Å². The van der Waals surface area contributed by atoms with Crippen LogP contribution in [0.15, 0.2) is 0 Å². The van der Waals surface area contributed by atoms with E-state index in [0.717, 1.165) is 0 Å². The fourth-order valence-electron chi connectivity index (χ4n) is 3.10. The Morgan fingerprint density at radius 2 is 1.94 bits per heavy atom. The number of thiocarbonyl (C=S) groups is 1. The predicted molar refractivity (Wildman–Crippen MR) is 68.0 cm³/mol. The minimum atomic E-state index is 0.284. The fraction of sp³-hybridized carbons (Fsp3) is 0.833. The zero-order valence-corrected chi connectivity index (χ0v) is 10.6. The van der Waals surface area contributed by atoms with Crippen LogP contribution in [0.4, 0.5) is 0 Å². The van der Waals surface area contributed by atoms with Crippen molar-refractivity contribution >= 4 is 23.1 Å². The van der Waals surface area contributed by atoms with Gasteiger partial charge in [0, 0.05) is 12.5 Å². The van der Waals surface area contributed by atoms with Gasteiger partial charge in [-0.25, -0.2) is 0 Å². The molecule has 0 bridgehead atoms. The van der Waals surface area contributed by atoms with Gasteiger partial charge in [-0.2, -0.15) is 0 Å². The predicted octanol–water partition coefficient (Wildman–Crippen LogP) is 1.56. The molecule has 1 amide bonds. The molecule has 4 heteroatoms. The maximum Gasteiger partial charge on any atom is 0.226 e. The summed E-state index contributed by atoms with van der Waals surface area (Å²) in [5.74, 6) is 1.91. The summed E-state index contributed by atoms with van der Waals surface area (Å²) in [6.07, 6.45) is 5.08. The minimum absolute atomic E-state index is 0.284. The van der Waals surface area contributed by atoms with Gasteiger partial charge in [-0.3, -0.25) is 4.79 Å². The summed E-state index contributed by atoms with van der Waals surface area (Å²) >= 11 is 4.88. The van der Waals surface area contributed by atoms with Crippen LogP contribution in [0.1, 0.15) is 32.6 Å². The molecule has 2 N–H and O–H groups in total. The first-order chi connectivity index (χ1) is 7.65. The number of amides is 1. The van der Waals surface area contributed by atoms with E-state index in [4.69, 9.17) is 18.0 Å². The van der Waals surface area contributed by atoms with Gasteiger partial charge in [0.25, 0.3) is 0 Å². The van der Waals surface area contributed by atoms with Crippen LogP contribution in [-0.2, 0) is 4.79 Å². The molecule has 2 saturated carbocycles. The monoisotopic (exact) mass is 240 g/mol. The van der Waals surface area contributed by atoms with E-state index in [1.807, 2.05) is 11.8 Å². The molecule has 2 aliphatic rings. The Morgan fingerprint density at radius 3 is 2.38 bits per heavy atom. The highest BCUT2D eigenvalue weighted by Gasteiger charge is 2.55. The Kier molecular flexibility index (Phi) is 3.47. The number of nitrogens with zero attached hydrogens (tertiary/aromatic N) is 1. The van der Waals surface area contributed by atoms with Gasteiger partial charge < -0.3 is 10.6 Å². The number of carbonyl (C=O) groups excluding carboxylic acids is 1. The molecule has 2 atom stereocenters. The molecule has 0 radical (unpaired) electrons. The standard InChI is InChI=1S/C12H20N2OS/c1-2-14(7-10(13)16)12(15)11-8-5-3-4-6-9(8)11/h8-9,11H,2-7H2,1H3,(H2,13,16). The van der Waals surface area contributed by atoms with Crippen LogP contribution in [-0.4, -0.2) is 28.9 Å². The molecular formula is C12H20N2OS. The Morgan fingerprint density at radius 1 is 1.38 bits per heavy atom. The Balaban J connectivity index is 1.93. The average Bonchev–Trinajstić information content (AvgIpc) is 2.98. The van der Waals surface area contributed by atoms with Crippen LogP contribution in [0.5, 0.6) is 0 Å². The SMILES string of the molecule is CCN(CC(N)=S)C(=O)C1C2CCCCC21. The van der Waals surface area contributed by atoms with Gasteiger partial charge in [0.15, 0.2) is 0 Å². The second-order valence-corrected chi connectivity index (χ2v) is 5.48. The van der Waals surface area contributed by atoms with Gasteiger partial charge in [0.05, 0.1) is 11.5 Å². The molecule has 0 spiro atoms. The van der Waals surface area contributed by atoms with Crippen molar-refractivity contribution in [2.24, 2.45) is 23.5 Å². The molecule has 0 heterocycles. The summed E-state index contributed by atoms with van der Waals surface area (Å²) in [5, 5.41) is 0. The van der Waals surface area contributed by atoms with Crippen molar-refractivity contribution < 1.29 is 4.79 Å². The maximum atomic E-state index is 12.2. The third-order valence-corrected chi connectivity index (χ3v) is 4.11. The number of rotatable bonds is 4. The largest absolute Gasteiger partial charge is 0.392 e. The first kappa shape index (κ1) is 11.8. The third kappa shape index (κ3) is 2.21. The molecule has 90 valence electrons. The normalized spacial score (nSPS) is 31.7. The second kappa shape index (κ2) is 4.70. The molecule has 0 aromatic carbocycles.